The Labute approximate surface area is 131 Å². The zero-order valence-electron chi connectivity index (χ0n) is 13.6. The zero-order chi connectivity index (χ0) is 15.9. The lowest BCUT2D eigenvalue weighted by molar-refractivity contribution is 0.274. The Morgan fingerprint density at radius 3 is 2.55 bits per heavy atom. The van der Waals surface area contributed by atoms with E-state index in [0.717, 1.165) is 37.1 Å². The van der Waals surface area contributed by atoms with Crippen molar-refractivity contribution in [1.82, 2.24) is 0 Å². The minimum atomic E-state index is 0.0212. The van der Waals surface area contributed by atoms with Gasteiger partial charge >= 0.3 is 0 Å². The normalized spacial score (nSPS) is 17.7. The van der Waals surface area contributed by atoms with Gasteiger partial charge in [0.15, 0.2) is 11.3 Å². The third kappa shape index (κ3) is 2.68. The maximum absolute atomic E-state index is 12.5. The standard InChI is InChI=1S/C19H23NO2/c1-5-14-10-13(2)11-15-16(21)12-17(22-18(14)15)20-8-6-19(3,4)7-9-20/h5,10-12H,1,6-9H2,2-4H3. The first-order valence-corrected chi connectivity index (χ1v) is 7.85. The number of nitrogens with zero attached hydrogens (tertiary/aromatic N) is 1. The first-order valence-electron chi connectivity index (χ1n) is 7.85. The molecule has 1 aliphatic rings. The number of anilines is 1. The van der Waals surface area contributed by atoms with E-state index in [0.29, 0.717) is 22.3 Å². The number of piperidine rings is 1. The Hall–Kier alpha value is -2.03. The van der Waals surface area contributed by atoms with Gasteiger partial charge in [-0.15, -0.1) is 0 Å². The lowest BCUT2D eigenvalue weighted by Gasteiger charge is -2.37. The van der Waals surface area contributed by atoms with E-state index in [9.17, 15) is 4.79 Å². The summed E-state index contributed by atoms with van der Waals surface area (Å²) in [6.07, 6.45) is 3.97. The molecule has 0 unspecified atom stereocenters. The second-order valence-electron chi connectivity index (χ2n) is 7.04. The summed E-state index contributed by atoms with van der Waals surface area (Å²) in [5, 5.41) is 0.635. The Morgan fingerprint density at radius 1 is 1.23 bits per heavy atom. The van der Waals surface area contributed by atoms with E-state index >= 15 is 0 Å². The van der Waals surface area contributed by atoms with Crippen molar-refractivity contribution in [2.45, 2.75) is 33.6 Å². The minimum absolute atomic E-state index is 0.0212. The summed E-state index contributed by atoms with van der Waals surface area (Å²) in [4.78, 5) is 14.6. The molecule has 0 bridgehead atoms. The topological polar surface area (TPSA) is 33.5 Å². The van der Waals surface area contributed by atoms with Crippen molar-refractivity contribution in [3.8, 4) is 0 Å². The largest absolute Gasteiger partial charge is 0.440 e. The molecule has 1 aromatic heterocycles. The molecule has 3 heteroatoms. The number of hydrogen-bond acceptors (Lipinski definition) is 3. The lowest BCUT2D eigenvalue weighted by Crippen LogP contribution is -2.37. The fourth-order valence-corrected chi connectivity index (χ4v) is 3.06. The van der Waals surface area contributed by atoms with Crippen molar-refractivity contribution in [2.75, 3.05) is 18.0 Å². The highest BCUT2D eigenvalue weighted by Gasteiger charge is 2.26. The minimum Gasteiger partial charge on any atom is -0.440 e. The summed E-state index contributed by atoms with van der Waals surface area (Å²) >= 11 is 0. The molecule has 2 heterocycles. The van der Waals surface area contributed by atoms with E-state index in [4.69, 9.17) is 4.42 Å². The molecule has 22 heavy (non-hydrogen) atoms. The van der Waals surface area contributed by atoms with Crippen LogP contribution in [0.5, 0.6) is 0 Å². The second kappa shape index (κ2) is 5.31. The maximum atomic E-state index is 12.5. The van der Waals surface area contributed by atoms with E-state index < -0.39 is 0 Å². The predicted molar refractivity (Wildman–Crippen MR) is 92.5 cm³/mol. The van der Waals surface area contributed by atoms with Crippen molar-refractivity contribution in [2.24, 2.45) is 5.41 Å². The smallest absolute Gasteiger partial charge is 0.200 e. The monoisotopic (exact) mass is 297 g/mol. The maximum Gasteiger partial charge on any atom is 0.200 e. The van der Waals surface area contributed by atoms with Crippen molar-refractivity contribution in [3.63, 3.8) is 0 Å². The van der Waals surface area contributed by atoms with Crippen LogP contribution in [0, 0.1) is 12.3 Å². The number of fused-ring (bicyclic) bond motifs is 1. The molecule has 0 aliphatic carbocycles. The number of aryl methyl sites for hydroxylation is 1. The number of hydrogen-bond donors (Lipinski definition) is 0. The van der Waals surface area contributed by atoms with Gasteiger partial charge < -0.3 is 9.32 Å². The molecule has 2 aromatic rings. The third-order valence-corrected chi connectivity index (χ3v) is 4.64. The average Bonchev–Trinajstić information content (AvgIpc) is 2.47. The summed E-state index contributed by atoms with van der Waals surface area (Å²) in [6, 6.07) is 5.52. The van der Waals surface area contributed by atoms with Gasteiger partial charge in [-0.2, -0.15) is 0 Å². The highest BCUT2D eigenvalue weighted by Crippen LogP contribution is 2.33. The SMILES string of the molecule is C=Cc1cc(C)cc2c(=O)cc(N3CCC(C)(C)CC3)oc12. The van der Waals surface area contributed by atoms with Gasteiger partial charge in [0, 0.05) is 24.7 Å². The highest BCUT2D eigenvalue weighted by molar-refractivity contribution is 5.86. The zero-order valence-corrected chi connectivity index (χ0v) is 13.6. The molecular weight excluding hydrogens is 274 g/mol. The van der Waals surface area contributed by atoms with E-state index in [1.165, 1.54) is 0 Å². The molecule has 1 aromatic carbocycles. The van der Waals surface area contributed by atoms with Crippen LogP contribution in [-0.2, 0) is 0 Å². The van der Waals surface area contributed by atoms with Gasteiger partial charge in [0.2, 0.25) is 0 Å². The van der Waals surface area contributed by atoms with Crippen LogP contribution in [-0.4, -0.2) is 13.1 Å². The van der Waals surface area contributed by atoms with Gasteiger partial charge in [0.1, 0.15) is 5.58 Å². The van der Waals surface area contributed by atoms with Gasteiger partial charge in [-0.05, 0) is 42.9 Å². The van der Waals surface area contributed by atoms with Crippen LogP contribution in [0.1, 0.15) is 37.8 Å². The van der Waals surface area contributed by atoms with Gasteiger partial charge in [0.25, 0.3) is 0 Å². The summed E-state index contributed by atoms with van der Waals surface area (Å²) in [5.41, 5.74) is 2.96. The summed E-state index contributed by atoms with van der Waals surface area (Å²) in [5.74, 6) is 0.681. The fraction of sp³-hybridized carbons (Fsp3) is 0.421. The summed E-state index contributed by atoms with van der Waals surface area (Å²) < 4.78 is 6.08. The molecule has 3 nitrogen and oxygen atoms in total. The van der Waals surface area contributed by atoms with Gasteiger partial charge in [0.05, 0.1) is 5.39 Å². The van der Waals surface area contributed by atoms with Crippen molar-refractivity contribution >= 4 is 22.9 Å². The second-order valence-corrected chi connectivity index (χ2v) is 7.04. The molecule has 3 rings (SSSR count). The van der Waals surface area contributed by atoms with Crippen LogP contribution < -0.4 is 10.3 Å². The van der Waals surface area contributed by atoms with Gasteiger partial charge in [-0.1, -0.05) is 26.5 Å². The average molecular weight is 297 g/mol. The molecule has 1 saturated heterocycles. The van der Waals surface area contributed by atoms with Gasteiger partial charge in [-0.25, -0.2) is 0 Å². The molecule has 0 atom stereocenters. The Morgan fingerprint density at radius 2 is 1.91 bits per heavy atom. The first kappa shape index (κ1) is 14.9. The molecule has 116 valence electrons. The predicted octanol–water partition coefficient (Wildman–Crippen LogP) is 4.37. The fourth-order valence-electron chi connectivity index (χ4n) is 3.06. The summed E-state index contributed by atoms with van der Waals surface area (Å²) in [6.45, 7) is 12.3. The van der Waals surface area contributed by atoms with Crippen LogP contribution >= 0.6 is 0 Å². The molecular formula is C19H23NO2. The van der Waals surface area contributed by atoms with E-state index in [1.54, 1.807) is 12.1 Å². The van der Waals surface area contributed by atoms with Crippen LogP contribution in [0.15, 0.2) is 34.0 Å². The Balaban J connectivity index is 2.08. The molecule has 0 N–H and O–H groups in total. The van der Waals surface area contributed by atoms with Crippen LogP contribution in [0.4, 0.5) is 5.88 Å². The van der Waals surface area contributed by atoms with Crippen molar-refractivity contribution in [1.29, 1.82) is 0 Å². The van der Waals surface area contributed by atoms with E-state index in [2.05, 4.69) is 25.3 Å². The summed E-state index contributed by atoms with van der Waals surface area (Å²) in [7, 11) is 0. The molecule has 1 aliphatic heterocycles. The molecule has 0 spiro atoms. The van der Waals surface area contributed by atoms with Crippen molar-refractivity contribution in [3.05, 3.63) is 46.1 Å². The Kier molecular flexibility index (Phi) is 3.59. The quantitative estimate of drug-likeness (QED) is 0.825. The van der Waals surface area contributed by atoms with Crippen LogP contribution in [0.2, 0.25) is 0 Å². The third-order valence-electron chi connectivity index (χ3n) is 4.64. The molecule has 0 saturated carbocycles. The molecule has 0 radical (unpaired) electrons. The van der Waals surface area contributed by atoms with Crippen molar-refractivity contribution < 1.29 is 4.42 Å². The number of rotatable bonds is 2. The van der Waals surface area contributed by atoms with E-state index in [-0.39, 0.29) is 5.43 Å². The van der Waals surface area contributed by atoms with E-state index in [1.807, 2.05) is 19.1 Å². The highest BCUT2D eigenvalue weighted by atomic mass is 16.4. The number of benzene rings is 1. The molecule has 0 amide bonds. The molecule has 1 fully saturated rings. The lowest BCUT2D eigenvalue weighted by atomic mass is 9.83. The first-order chi connectivity index (χ1) is 10.4. The van der Waals surface area contributed by atoms with Crippen LogP contribution in [0.25, 0.3) is 17.0 Å². The van der Waals surface area contributed by atoms with Gasteiger partial charge in [-0.3, -0.25) is 4.79 Å². The van der Waals surface area contributed by atoms with Crippen LogP contribution in [0.3, 0.4) is 0 Å². The Bertz CT molecular complexity index is 776.